The predicted molar refractivity (Wildman–Crippen MR) is 79.3 cm³/mol. The number of carbonyl (C=O) groups is 1. The maximum absolute atomic E-state index is 12.7. The van der Waals surface area contributed by atoms with E-state index in [1.165, 1.54) is 5.56 Å². The third-order valence-corrected chi connectivity index (χ3v) is 4.37. The molecular formula is C17H25NO. The molecule has 2 nitrogen and oxygen atoms in total. The number of piperidine rings is 1. The number of Topliss-reactive ketones (excluding diaryl/α,β-unsaturated/α-hetero) is 1. The Bertz CT molecular complexity index is 410. The molecule has 19 heavy (non-hydrogen) atoms. The number of nitrogens with one attached hydrogen (secondary N) is 1. The lowest BCUT2D eigenvalue weighted by molar-refractivity contribution is -0.130. The molecule has 2 rings (SSSR count). The van der Waals surface area contributed by atoms with Gasteiger partial charge in [0.05, 0.1) is 0 Å². The zero-order chi connectivity index (χ0) is 13.7. The summed E-state index contributed by atoms with van der Waals surface area (Å²) in [4.78, 5) is 12.7. The van der Waals surface area contributed by atoms with Crippen molar-refractivity contribution in [2.24, 2.45) is 5.41 Å². The van der Waals surface area contributed by atoms with Crippen LogP contribution in [0.5, 0.6) is 0 Å². The van der Waals surface area contributed by atoms with Gasteiger partial charge in [-0.05, 0) is 44.8 Å². The molecule has 1 aromatic carbocycles. The van der Waals surface area contributed by atoms with Crippen LogP contribution < -0.4 is 5.32 Å². The highest BCUT2D eigenvalue weighted by Crippen LogP contribution is 2.36. The van der Waals surface area contributed by atoms with E-state index >= 15 is 0 Å². The van der Waals surface area contributed by atoms with E-state index in [1.54, 1.807) is 0 Å². The number of carbonyl (C=O) groups excluding carboxylic acids is 1. The van der Waals surface area contributed by atoms with Gasteiger partial charge in [-0.1, -0.05) is 43.2 Å². The fourth-order valence-corrected chi connectivity index (χ4v) is 3.13. The van der Waals surface area contributed by atoms with Crippen LogP contribution >= 0.6 is 0 Å². The Labute approximate surface area is 116 Å². The predicted octanol–water partition coefficient (Wildman–Crippen LogP) is 3.28. The van der Waals surface area contributed by atoms with Crippen LogP contribution in [-0.2, 0) is 11.2 Å². The molecule has 1 saturated heterocycles. The average Bonchev–Trinajstić information content (AvgIpc) is 2.43. The van der Waals surface area contributed by atoms with Crippen LogP contribution in [0.4, 0.5) is 0 Å². The van der Waals surface area contributed by atoms with Crippen LogP contribution in [0.3, 0.4) is 0 Å². The minimum atomic E-state index is -0.0646. The molecule has 1 aliphatic heterocycles. The van der Waals surface area contributed by atoms with Crippen molar-refractivity contribution in [3.05, 3.63) is 35.4 Å². The molecule has 0 saturated carbocycles. The Morgan fingerprint density at radius 1 is 1.21 bits per heavy atom. The normalized spacial score (nSPS) is 18.2. The van der Waals surface area contributed by atoms with Gasteiger partial charge >= 0.3 is 0 Å². The van der Waals surface area contributed by atoms with Gasteiger partial charge in [0.1, 0.15) is 5.78 Å². The first-order valence-electron chi connectivity index (χ1n) is 7.46. The van der Waals surface area contributed by atoms with Crippen LogP contribution in [0.2, 0.25) is 0 Å². The summed E-state index contributed by atoms with van der Waals surface area (Å²) in [6.07, 6.45) is 4.75. The molecule has 1 aliphatic rings. The summed E-state index contributed by atoms with van der Waals surface area (Å²) in [5.41, 5.74) is 2.34. The van der Waals surface area contributed by atoms with E-state index in [1.807, 2.05) is 0 Å². The molecule has 0 spiro atoms. The second kappa shape index (κ2) is 6.33. The Hall–Kier alpha value is -1.15. The maximum atomic E-state index is 12.7. The minimum absolute atomic E-state index is 0.0646. The van der Waals surface area contributed by atoms with Crippen molar-refractivity contribution >= 4 is 5.78 Å². The van der Waals surface area contributed by atoms with E-state index in [-0.39, 0.29) is 5.41 Å². The second-order valence-electron chi connectivity index (χ2n) is 5.87. The Balaban J connectivity index is 2.09. The molecule has 0 bridgehead atoms. The van der Waals surface area contributed by atoms with E-state index in [4.69, 9.17) is 0 Å². The first kappa shape index (κ1) is 14.3. The van der Waals surface area contributed by atoms with Gasteiger partial charge in [0, 0.05) is 11.8 Å². The molecular weight excluding hydrogens is 234 g/mol. The van der Waals surface area contributed by atoms with Crippen LogP contribution in [0, 0.1) is 12.3 Å². The van der Waals surface area contributed by atoms with Crippen molar-refractivity contribution < 1.29 is 4.79 Å². The van der Waals surface area contributed by atoms with Crippen LogP contribution in [0.1, 0.15) is 43.7 Å². The van der Waals surface area contributed by atoms with E-state index in [0.717, 1.165) is 44.3 Å². The summed E-state index contributed by atoms with van der Waals surface area (Å²) >= 11 is 0. The van der Waals surface area contributed by atoms with E-state index in [0.29, 0.717) is 12.2 Å². The fraction of sp³-hybridized carbons (Fsp3) is 0.588. The molecule has 0 unspecified atom stereocenters. The van der Waals surface area contributed by atoms with E-state index in [9.17, 15) is 4.79 Å². The molecule has 0 aliphatic carbocycles. The number of ketones is 1. The summed E-state index contributed by atoms with van der Waals surface area (Å²) in [6, 6.07) is 8.37. The lowest BCUT2D eigenvalue weighted by atomic mass is 9.70. The fourth-order valence-electron chi connectivity index (χ4n) is 3.13. The van der Waals surface area contributed by atoms with E-state index in [2.05, 4.69) is 43.4 Å². The number of rotatable bonds is 5. The topological polar surface area (TPSA) is 29.1 Å². The molecule has 1 heterocycles. The Kier molecular flexibility index (Phi) is 4.76. The summed E-state index contributed by atoms with van der Waals surface area (Å²) in [6.45, 7) is 6.24. The van der Waals surface area contributed by atoms with Gasteiger partial charge in [-0.2, -0.15) is 0 Å². The highest BCUT2D eigenvalue weighted by molar-refractivity contribution is 5.87. The Morgan fingerprint density at radius 2 is 1.84 bits per heavy atom. The van der Waals surface area contributed by atoms with E-state index < -0.39 is 0 Å². The van der Waals surface area contributed by atoms with Crippen LogP contribution in [0.25, 0.3) is 0 Å². The summed E-state index contributed by atoms with van der Waals surface area (Å²) < 4.78 is 0. The van der Waals surface area contributed by atoms with Gasteiger partial charge in [0.2, 0.25) is 0 Å². The molecule has 0 radical (unpaired) electrons. The zero-order valence-electron chi connectivity index (χ0n) is 12.2. The minimum Gasteiger partial charge on any atom is -0.317 e. The first-order valence-corrected chi connectivity index (χ1v) is 7.46. The van der Waals surface area contributed by atoms with Gasteiger partial charge in [-0.15, -0.1) is 0 Å². The van der Waals surface area contributed by atoms with Crippen molar-refractivity contribution in [3.63, 3.8) is 0 Å². The van der Waals surface area contributed by atoms with Crippen molar-refractivity contribution in [1.82, 2.24) is 5.32 Å². The molecule has 1 aromatic rings. The van der Waals surface area contributed by atoms with Crippen LogP contribution in [0.15, 0.2) is 24.3 Å². The smallest absolute Gasteiger partial charge is 0.143 e. The maximum Gasteiger partial charge on any atom is 0.143 e. The first-order chi connectivity index (χ1) is 9.16. The molecule has 1 N–H and O–H groups in total. The quantitative estimate of drug-likeness (QED) is 0.879. The second-order valence-corrected chi connectivity index (χ2v) is 5.87. The number of hydrogen-bond acceptors (Lipinski definition) is 2. The van der Waals surface area contributed by atoms with Gasteiger partial charge in [-0.25, -0.2) is 0 Å². The van der Waals surface area contributed by atoms with Crippen molar-refractivity contribution in [2.45, 2.75) is 46.0 Å². The molecule has 2 heteroatoms. The van der Waals surface area contributed by atoms with Gasteiger partial charge in [0.15, 0.2) is 0 Å². The van der Waals surface area contributed by atoms with Crippen LogP contribution in [-0.4, -0.2) is 18.9 Å². The number of benzene rings is 1. The number of hydrogen-bond donors (Lipinski definition) is 1. The van der Waals surface area contributed by atoms with Crippen molar-refractivity contribution in [3.8, 4) is 0 Å². The third-order valence-electron chi connectivity index (χ3n) is 4.37. The monoisotopic (exact) mass is 259 g/mol. The van der Waals surface area contributed by atoms with Gasteiger partial charge in [-0.3, -0.25) is 4.79 Å². The van der Waals surface area contributed by atoms with Gasteiger partial charge in [0.25, 0.3) is 0 Å². The molecule has 1 fully saturated rings. The largest absolute Gasteiger partial charge is 0.317 e. The summed E-state index contributed by atoms with van der Waals surface area (Å²) in [7, 11) is 0. The third kappa shape index (κ3) is 3.44. The van der Waals surface area contributed by atoms with Gasteiger partial charge < -0.3 is 5.32 Å². The average molecular weight is 259 g/mol. The highest BCUT2D eigenvalue weighted by atomic mass is 16.1. The highest BCUT2D eigenvalue weighted by Gasteiger charge is 2.37. The SMILES string of the molecule is CCCC1(C(=O)Cc2ccc(C)cc2)CCNCC1. The lowest BCUT2D eigenvalue weighted by Crippen LogP contribution is -2.42. The number of aryl methyl sites for hydroxylation is 1. The van der Waals surface area contributed by atoms with Crippen molar-refractivity contribution in [2.75, 3.05) is 13.1 Å². The summed E-state index contributed by atoms with van der Waals surface area (Å²) in [5, 5.41) is 3.37. The molecule has 104 valence electrons. The molecule has 0 aromatic heterocycles. The Morgan fingerprint density at radius 3 is 2.42 bits per heavy atom. The summed E-state index contributed by atoms with van der Waals surface area (Å²) in [5.74, 6) is 0.444. The lowest BCUT2D eigenvalue weighted by Gasteiger charge is -2.36. The van der Waals surface area contributed by atoms with Crippen molar-refractivity contribution in [1.29, 1.82) is 0 Å². The molecule has 0 amide bonds. The zero-order valence-corrected chi connectivity index (χ0v) is 12.2. The molecule has 0 atom stereocenters. The standard InChI is InChI=1S/C17H25NO/c1-3-8-17(9-11-18-12-10-17)16(19)13-15-6-4-14(2)5-7-15/h4-7,18H,3,8-13H2,1-2H3.